The van der Waals surface area contributed by atoms with Crippen molar-refractivity contribution >= 4 is 40.2 Å². The molecule has 1 aliphatic carbocycles. The first kappa shape index (κ1) is 31.4. The number of rotatable bonds is 8. The number of hydrogen-bond acceptors (Lipinski definition) is 3. The molecular formula is C38H44FN3O2S. The minimum absolute atomic E-state index is 0.0549. The summed E-state index contributed by atoms with van der Waals surface area (Å²) in [5.41, 5.74) is 6.68. The number of nitrogens with zero attached hydrogens (tertiary/aromatic N) is 1. The third-order valence-corrected chi connectivity index (χ3v) is 11.4. The normalized spacial score (nSPS) is 20.2. The highest BCUT2D eigenvalue weighted by atomic mass is 32.2. The van der Waals surface area contributed by atoms with Gasteiger partial charge in [-0.3, -0.25) is 9.59 Å². The number of benzene rings is 3. The molecule has 1 saturated carbocycles. The lowest BCUT2D eigenvalue weighted by molar-refractivity contribution is -0.147. The van der Waals surface area contributed by atoms with E-state index in [4.69, 9.17) is 0 Å². The van der Waals surface area contributed by atoms with Crippen molar-refractivity contribution < 1.29 is 14.0 Å². The number of H-pyrrole nitrogens is 1. The number of thioether (sulfide) groups is 1. The highest BCUT2D eigenvalue weighted by Crippen LogP contribution is 2.67. The fraction of sp³-hybridized carbons (Fsp3) is 0.421. The van der Waals surface area contributed by atoms with Crippen molar-refractivity contribution in [2.75, 3.05) is 16.8 Å². The maximum Gasteiger partial charge on any atom is 0.250 e. The van der Waals surface area contributed by atoms with Crippen molar-refractivity contribution in [3.8, 4) is 0 Å². The molecule has 2 amide bonds. The monoisotopic (exact) mass is 625 g/mol. The number of carbonyl (C=O) groups excluding carboxylic acids is 2. The smallest absolute Gasteiger partial charge is 0.250 e. The topological polar surface area (TPSA) is 65.2 Å². The zero-order valence-corrected chi connectivity index (χ0v) is 28.0. The molecule has 0 bridgehead atoms. The maximum absolute atomic E-state index is 15.2. The number of anilines is 1. The van der Waals surface area contributed by atoms with Gasteiger partial charge in [-0.25, -0.2) is 4.39 Å². The Labute approximate surface area is 270 Å². The number of fused-ring (bicyclic) bond motifs is 1. The van der Waals surface area contributed by atoms with Crippen LogP contribution in [0.3, 0.4) is 0 Å². The summed E-state index contributed by atoms with van der Waals surface area (Å²) in [7, 11) is 0. The molecule has 1 saturated heterocycles. The first-order valence-corrected chi connectivity index (χ1v) is 17.2. The Bertz CT molecular complexity index is 1750. The molecule has 4 aromatic rings. The predicted octanol–water partition coefficient (Wildman–Crippen LogP) is 8.60. The minimum Gasteiger partial charge on any atom is -0.358 e. The van der Waals surface area contributed by atoms with Crippen LogP contribution in [0.5, 0.6) is 0 Å². The van der Waals surface area contributed by atoms with E-state index >= 15 is 4.39 Å². The molecule has 0 unspecified atom stereocenters. The zero-order chi connectivity index (χ0) is 32.1. The van der Waals surface area contributed by atoms with Crippen LogP contribution in [0.15, 0.2) is 60.7 Å². The quantitative estimate of drug-likeness (QED) is 0.206. The van der Waals surface area contributed by atoms with Gasteiger partial charge >= 0.3 is 0 Å². The largest absolute Gasteiger partial charge is 0.358 e. The van der Waals surface area contributed by atoms with Crippen molar-refractivity contribution in [2.24, 2.45) is 11.3 Å². The Balaban J connectivity index is 1.37. The van der Waals surface area contributed by atoms with Crippen LogP contribution < -0.4 is 5.32 Å². The summed E-state index contributed by atoms with van der Waals surface area (Å²) in [6, 6.07) is 19.1. The fourth-order valence-corrected chi connectivity index (χ4v) is 9.07. The summed E-state index contributed by atoms with van der Waals surface area (Å²) >= 11 is 1.80. The second-order valence-corrected chi connectivity index (χ2v) is 15.0. The van der Waals surface area contributed by atoms with Crippen LogP contribution in [-0.4, -0.2) is 38.7 Å². The molecule has 5 nitrogen and oxygen atoms in total. The number of para-hydroxylation sites is 1. The summed E-state index contributed by atoms with van der Waals surface area (Å²) in [5.74, 6) is 1.19. The van der Waals surface area contributed by atoms with E-state index in [0.29, 0.717) is 24.8 Å². The van der Waals surface area contributed by atoms with Crippen molar-refractivity contribution in [1.29, 1.82) is 0 Å². The van der Waals surface area contributed by atoms with Crippen LogP contribution in [-0.2, 0) is 16.1 Å². The lowest BCUT2D eigenvalue weighted by Gasteiger charge is -2.45. The third-order valence-electron chi connectivity index (χ3n) is 10.5. The Morgan fingerprint density at radius 2 is 1.62 bits per heavy atom. The summed E-state index contributed by atoms with van der Waals surface area (Å²) in [4.78, 5) is 34.5. The van der Waals surface area contributed by atoms with Crippen LogP contribution in [0.25, 0.3) is 10.9 Å². The zero-order valence-electron chi connectivity index (χ0n) is 27.2. The van der Waals surface area contributed by atoms with Crippen LogP contribution >= 0.6 is 11.8 Å². The maximum atomic E-state index is 15.2. The third kappa shape index (κ3) is 5.69. The first-order valence-electron chi connectivity index (χ1n) is 16.0. The Hall–Kier alpha value is -3.58. The van der Waals surface area contributed by atoms with E-state index in [2.05, 4.69) is 61.4 Å². The van der Waals surface area contributed by atoms with E-state index in [1.54, 1.807) is 34.9 Å². The van der Waals surface area contributed by atoms with Crippen molar-refractivity contribution in [1.82, 2.24) is 9.88 Å². The highest BCUT2D eigenvalue weighted by Gasteiger charge is 2.60. The standard InChI is InChI=1S/C38H44FN3O2S/c1-23-19-24(2)35(25(3)20-23)41-36(44)38(15-17-45-18-16-38)42(22-27-11-7-9-13-30(27)39)32(43)21-29-34(37(29,5)6)33-26(4)40-31-14-10-8-12-28(31)33/h7-14,19-20,29,34,40H,15-18,21-22H2,1-6H3,(H,41,44)/t29-,34+/m0/s1. The van der Waals surface area contributed by atoms with Crippen molar-refractivity contribution in [2.45, 2.75) is 78.8 Å². The number of aromatic nitrogens is 1. The summed E-state index contributed by atoms with van der Waals surface area (Å²) in [6.45, 7) is 12.7. The predicted molar refractivity (Wildman–Crippen MR) is 183 cm³/mol. The highest BCUT2D eigenvalue weighted by molar-refractivity contribution is 7.99. The molecule has 2 heterocycles. The van der Waals surface area contributed by atoms with Crippen LogP contribution in [0.1, 0.15) is 72.5 Å². The Kier molecular flexibility index (Phi) is 8.36. The van der Waals surface area contributed by atoms with E-state index in [1.807, 2.05) is 26.8 Å². The summed E-state index contributed by atoms with van der Waals surface area (Å²) in [6.07, 6.45) is 1.34. The number of aryl methyl sites for hydroxylation is 4. The Morgan fingerprint density at radius 3 is 2.31 bits per heavy atom. The van der Waals surface area contributed by atoms with Crippen molar-refractivity contribution in [3.05, 3.63) is 100.0 Å². The lowest BCUT2D eigenvalue weighted by atomic mass is 9.86. The van der Waals surface area contributed by atoms with Gasteiger partial charge in [0.05, 0.1) is 0 Å². The van der Waals surface area contributed by atoms with Gasteiger partial charge < -0.3 is 15.2 Å². The molecule has 2 atom stereocenters. The SMILES string of the molecule is Cc1cc(C)c(NC(=O)C2(N(Cc3ccccc3F)C(=O)C[C@H]3[C@H](c4c(C)[nH]c5ccccc45)C3(C)C)CCSCC2)c(C)c1. The molecule has 0 spiro atoms. The second-order valence-electron chi connectivity index (χ2n) is 13.8. The van der Waals surface area contributed by atoms with E-state index < -0.39 is 5.54 Å². The number of aromatic amines is 1. The van der Waals surface area contributed by atoms with Gasteiger partial charge in [0.25, 0.3) is 0 Å². The van der Waals surface area contributed by atoms with E-state index in [-0.39, 0.29) is 41.4 Å². The van der Waals surface area contributed by atoms with E-state index in [1.165, 1.54) is 17.0 Å². The van der Waals surface area contributed by atoms with Gasteiger partial charge in [0.2, 0.25) is 11.8 Å². The lowest BCUT2D eigenvalue weighted by Crippen LogP contribution is -2.60. The molecule has 2 fully saturated rings. The van der Waals surface area contributed by atoms with E-state index in [9.17, 15) is 9.59 Å². The summed E-state index contributed by atoms with van der Waals surface area (Å²) in [5, 5.41) is 4.46. The molecular weight excluding hydrogens is 582 g/mol. The molecule has 2 N–H and O–H groups in total. The molecule has 236 valence electrons. The molecule has 3 aromatic carbocycles. The molecule has 2 aliphatic rings. The van der Waals surface area contributed by atoms with Gasteiger partial charge in [0, 0.05) is 40.8 Å². The van der Waals surface area contributed by atoms with Gasteiger partial charge in [-0.15, -0.1) is 0 Å². The molecule has 1 aliphatic heterocycles. The van der Waals surface area contributed by atoms with Gasteiger partial charge in [-0.2, -0.15) is 11.8 Å². The fourth-order valence-electron chi connectivity index (χ4n) is 7.91. The van der Waals surface area contributed by atoms with E-state index in [0.717, 1.165) is 45.1 Å². The number of hydrogen-bond donors (Lipinski definition) is 2. The first-order chi connectivity index (χ1) is 21.4. The minimum atomic E-state index is -1.08. The van der Waals surface area contributed by atoms with Gasteiger partial charge in [0.1, 0.15) is 11.4 Å². The van der Waals surface area contributed by atoms with Crippen molar-refractivity contribution in [3.63, 3.8) is 0 Å². The second kappa shape index (κ2) is 12.0. The van der Waals surface area contributed by atoms with Crippen LogP contribution in [0.2, 0.25) is 0 Å². The molecule has 6 rings (SSSR count). The molecule has 45 heavy (non-hydrogen) atoms. The van der Waals surface area contributed by atoms with Gasteiger partial charge in [-0.05, 0) is 98.1 Å². The van der Waals surface area contributed by atoms with Crippen LogP contribution in [0.4, 0.5) is 10.1 Å². The average Bonchev–Trinajstić information content (AvgIpc) is 3.35. The van der Waals surface area contributed by atoms with Crippen LogP contribution in [0, 0.1) is 44.8 Å². The molecule has 1 aromatic heterocycles. The number of amides is 2. The van der Waals surface area contributed by atoms with Gasteiger partial charge in [-0.1, -0.05) is 67.9 Å². The Morgan fingerprint density at radius 1 is 0.978 bits per heavy atom. The molecule has 0 radical (unpaired) electrons. The summed E-state index contributed by atoms with van der Waals surface area (Å²) < 4.78 is 15.2. The number of nitrogens with one attached hydrogen (secondary N) is 2. The number of carbonyl (C=O) groups is 2. The average molecular weight is 626 g/mol. The number of halogens is 1. The van der Waals surface area contributed by atoms with Gasteiger partial charge in [0.15, 0.2) is 0 Å². The molecule has 7 heteroatoms.